The summed E-state index contributed by atoms with van der Waals surface area (Å²) in [5, 5.41) is 7.36. The smallest absolute Gasteiger partial charge is 0.259 e. The quantitative estimate of drug-likeness (QED) is 0.448. The van der Waals surface area contributed by atoms with Crippen LogP contribution in [-0.2, 0) is 6.54 Å². The third-order valence-electron chi connectivity index (χ3n) is 5.23. The molecule has 0 fully saturated rings. The third kappa shape index (κ3) is 4.30. The molecule has 2 aromatic carbocycles. The number of carbonyl (C=O) groups is 1. The molecule has 0 bridgehead atoms. The minimum Gasteiger partial charge on any atom is -0.496 e. The number of aryl methyl sites for hydroxylation is 1. The van der Waals surface area contributed by atoms with Gasteiger partial charge in [-0.25, -0.2) is 9.37 Å². The number of fused-ring (bicyclic) bond motifs is 1. The Balaban J connectivity index is 1.68. The van der Waals surface area contributed by atoms with E-state index in [1.807, 2.05) is 0 Å². The Morgan fingerprint density at radius 1 is 1.00 bits per heavy atom. The van der Waals surface area contributed by atoms with Crippen molar-refractivity contribution in [3.8, 4) is 28.5 Å². The number of amides is 1. The molecule has 0 saturated carbocycles. The highest BCUT2D eigenvalue weighted by molar-refractivity contribution is 6.07. The Morgan fingerprint density at radius 3 is 2.33 bits per heavy atom. The molecule has 0 saturated heterocycles. The van der Waals surface area contributed by atoms with E-state index >= 15 is 0 Å². The Hall–Kier alpha value is -4.14. The van der Waals surface area contributed by atoms with Gasteiger partial charge in [0.15, 0.2) is 11.5 Å². The molecular weight excluding hydrogens is 429 g/mol. The van der Waals surface area contributed by atoms with Gasteiger partial charge in [0, 0.05) is 23.7 Å². The Morgan fingerprint density at radius 2 is 1.67 bits per heavy atom. The number of hydrogen-bond acceptors (Lipinski definition) is 7. The molecule has 0 aliphatic heterocycles. The van der Waals surface area contributed by atoms with Crippen LogP contribution in [-0.4, -0.2) is 37.4 Å². The number of carbonyl (C=O) groups excluding carboxylic acids is 1. The first-order valence-corrected chi connectivity index (χ1v) is 10.0. The number of aromatic nitrogens is 2. The fourth-order valence-electron chi connectivity index (χ4n) is 3.54. The Bertz CT molecular complexity index is 1320. The lowest BCUT2D eigenvalue weighted by Crippen LogP contribution is -2.23. The van der Waals surface area contributed by atoms with Gasteiger partial charge in [0.2, 0.25) is 0 Å². The van der Waals surface area contributed by atoms with Crippen molar-refractivity contribution in [2.75, 3.05) is 21.3 Å². The molecule has 0 aliphatic carbocycles. The predicted molar refractivity (Wildman–Crippen MR) is 119 cm³/mol. The number of ether oxygens (including phenoxy) is 3. The van der Waals surface area contributed by atoms with Gasteiger partial charge < -0.3 is 24.1 Å². The van der Waals surface area contributed by atoms with Crippen molar-refractivity contribution in [2.24, 2.45) is 0 Å². The average molecular weight is 451 g/mol. The molecule has 0 unspecified atom stereocenters. The summed E-state index contributed by atoms with van der Waals surface area (Å²) in [6, 6.07) is 10.9. The molecule has 0 aliphatic rings. The number of methoxy groups -OCH3 is 3. The van der Waals surface area contributed by atoms with E-state index in [9.17, 15) is 9.18 Å². The van der Waals surface area contributed by atoms with Crippen LogP contribution in [0, 0.1) is 12.7 Å². The van der Waals surface area contributed by atoms with Crippen molar-refractivity contribution in [3.05, 3.63) is 65.1 Å². The standard InChI is InChI=1S/C24H22FN3O5/c1-13-22-17(10-18(27-24(22)33-28-13)14-5-7-16(25)8-6-14)23(29)26-12-15-9-20(31-3)21(32-4)11-19(15)30-2/h5-11H,12H2,1-4H3,(H,26,29). The molecule has 4 aromatic rings. The highest BCUT2D eigenvalue weighted by Gasteiger charge is 2.20. The summed E-state index contributed by atoms with van der Waals surface area (Å²) in [5.74, 6) is 0.860. The lowest BCUT2D eigenvalue weighted by atomic mass is 10.0. The number of rotatable bonds is 7. The SMILES string of the molecule is COc1cc(OC)c(OC)cc1CNC(=O)c1cc(-c2ccc(F)cc2)nc2onc(C)c12. The summed E-state index contributed by atoms with van der Waals surface area (Å²) in [7, 11) is 4.61. The van der Waals surface area contributed by atoms with Crippen molar-refractivity contribution in [2.45, 2.75) is 13.5 Å². The van der Waals surface area contributed by atoms with Gasteiger partial charge in [-0.2, -0.15) is 0 Å². The molecule has 4 rings (SSSR count). The highest BCUT2D eigenvalue weighted by Crippen LogP contribution is 2.34. The van der Waals surface area contributed by atoms with Crippen LogP contribution in [0.4, 0.5) is 4.39 Å². The lowest BCUT2D eigenvalue weighted by molar-refractivity contribution is 0.0952. The van der Waals surface area contributed by atoms with Crippen molar-refractivity contribution in [1.29, 1.82) is 0 Å². The number of nitrogens with zero attached hydrogens (tertiary/aromatic N) is 2. The van der Waals surface area contributed by atoms with E-state index in [4.69, 9.17) is 18.7 Å². The maximum atomic E-state index is 13.4. The molecule has 9 heteroatoms. The fourth-order valence-corrected chi connectivity index (χ4v) is 3.54. The maximum Gasteiger partial charge on any atom is 0.259 e. The van der Waals surface area contributed by atoms with Crippen molar-refractivity contribution in [1.82, 2.24) is 15.5 Å². The molecule has 0 spiro atoms. The number of pyridine rings is 1. The van der Waals surface area contributed by atoms with Gasteiger partial charge in [-0.3, -0.25) is 4.79 Å². The average Bonchev–Trinajstić information content (AvgIpc) is 3.22. The zero-order valence-corrected chi connectivity index (χ0v) is 18.6. The molecular formula is C24H22FN3O5. The number of hydrogen-bond donors (Lipinski definition) is 1. The minimum atomic E-state index is -0.364. The largest absolute Gasteiger partial charge is 0.496 e. The predicted octanol–water partition coefficient (Wildman–Crippen LogP) is 4.29. The number of nitrogens with one attached hydrogen (secondary N) is 1. The van der Waals surface area contributed by atoms with E-state index in [1.54, 1.807) is 37.3 Å². The molecule has 33 heavy (non-hydrogen) atoms. The van der Waals surface area contributed by atoms with Crippen molar-refractivity contribution in [3.63, 3.8) is 0 Å². The zero-order chi connectivity index (χ0) is 23.5. The summed E-state index contributed by atoms with van der Waals surface area (Å²) in [4.78, 5) is 17.7. The van der Waals surface area contributed by atoms with Gasteiger partial charge in [0.1, 0.15) is 11.6 Å². The molecule has 8 nitrogen and oxygen atoms in total. The van der Waals surface area contributed by atoms with Crippen LogP contribution in [0.15, 0.2) is 47.0 Å². The second-order valence-corrected chi connectivity index (χ2v) is 7.21. The molecule has 2 aromatic heterocycles. The molecule has 0 radical (unpaired) electrons. The molecule has 2 heterocycles. The molecule has 170 valence electrons. The zero-order valence-electron chi connectivity index (χ0n) is 18.6. The monoisotopic (exact) mass is 451 g/mol. The first-order valence-electron chi connectivity index (χ1n) is 10.0. The highest BCUT2D eigenvalue weighted by atomic mass is 19.1. The number of halogens is 1. The van der Waals surface area contributed by atoms with Crippen LogP contribution >= 0.6 is 0 Å². The van der Waals surface area contributed by atoms with Crippen LogP contribution in [0.3, 0.4) is 0 Å². The summed E-state index contributed by atoms with van der Waals surface area (Å²) in [5.41, 5.74) is 2.92. The Labute approximate surface area is 189 Å². The van der Waals surface area contributed by atoms with Gasteiger partial charge in [0.25, 0.3) is 11.6 Å². The lowest BCUT2D eigenvalue weighted by Gasteiger charge is -2.15. The fraction of sp³-hybridized carbons (Fsp3) is 0.208. The van der Waals surface area contributed by atoms with Crippen LogP contribution in [0.25, 0.3) is 22.4 Å². The van der Waals surface area contributed by atoms with E-state index in [2.05, 4.69) is 15.5 Å². The molecule has 1 amide bonds. The number of benzene rings is 2. The van der Waals surface area contributed by atoms with E-state index in [-0.39, 0.29) is 24.0 Å². The first kappa shape index (κ1) is 22.1. The normalized spacial score (nSPS) is 10.8. The van der Waals surface area contributed by atoms with Gasteiger partial charge in [-0.15, -0.1) is 0 Å². The van der Waals surface area contributed by atoms with Crippen molar-refractivity contribution >= 4 is 17.0 Å². The van der Waals surface area contributed by atoms with Crippen LogP contribution < -0.4 is 19.5 Å². The van der Waals surface area contributed by atoms with E-state index < -0.39 is 0 Å². The van der Waals surface area contributed by atoms with E-state index in [0.29, 0.717) is 50.7 Å². The van der Waals surface area contributed by atoms with Gasteiger partial charge in [-0.05, 0) is 43.3 Å². The third-order valence-corrected chi connectivity index (χ3v) is 5.23. The van der Waals surface area contributed by atoms with E-state index in [1.165, 1.54) is 33.5 Å². The second kappa shape index (κ2) is 9.15. The summed E-state index contributed by atoms with van der Waals surface area (Å²) in [6.07, 6.45) is 0. The topological polar surface area (TPSA) is 95.7 Å². The van der Waals surface area contributed by atoms with Crippen molar-refractivity contribution < 1.29 is 27.9 Å². The van der Waals surface area contributed by atoms with E-state index in [0.717, 1.165) is 0 Å². The van der Waals surface area contributed by atoms with Gasteiger partial charge in [-0.1, -0.05) is 5.16 Å². The van der Waals surface area contributed by atoms with Crippen LogP contribution in [0.2, 0.25) is 0 Å². The Kier molecular flexibility index (Phi) is 6.12. The van der Waals surface area contributed by atoms with Gasteiger partial charge >= 0.3 is 0 Å². The summed E-state index contributed by atoms with van der Waals surface area (Å²) >= 11 is 0. The molecule has 1 N–H and O–H groups in total. The molecule has 0 atom stereocenters. The van der Waals surface area contributed by atoms with Crippen LogP contribution in [0.1, 0.15) is 21.6 Å². The van der Waals surface area contributed by atoms with Gasteiger partial charge in [0.05, 0.1) is 43.7 Å². The maximum absolute atomic E-state index is 13.4. The summed E-state index contributed by atoms with van der Waals surface area (Å²) < 4.78 is 34.8. The second-order valence-electron chi connectivity index (χ2n) is 7.21. The first-order chi connectivity index (χ1) is 15.9. The minimum absolute atomic E-state index is 0.169. The summed E-state index contributed by atoms with van der Waals surface area (Å²) in [6.45, 7) is 1.90. The van der Waals surface area contributed by atoms with Crippen LogP contribution in [0.5, 0.6) is 17.2 Å².